The predicted molar refractivity (Wildman–Crippen MR) is 82.8 cm³/mol. The van der Waals surface area contributed by atoms with Gasteiger partial charge in [0, 0.05) is 17.4 Å². The van der Waals surface area contributed by atoms with Crippen molar-refractivity contribution in [1.82, 2.24) is 0 Å². The molecule has 4 N–H and O–H groups in total. The maximum atomic E-state index is 10.9. The van der Waals surface area contributed by atoms with Gasteiger partial charge in [-0.25, -0.2) is 4.79 Å². The smallest absolute Gasteiger partial charge is 0.337 e. The van der Waals surface area contributed by atoms with Crippen molar-refractivity contribution in [2.24, 2.45) is 0 Å². The number of carboxylic acids is 1. The Hall–Kier alpha value is -2.69. The number of nitrogens with one attached hydrogen (secondary N) is 1. The fraction of sp³-hybridized carbons (Fsp3) is 0.188. The molecule has 5 heteroatoms. The third kappa shape index (κ3) is 3.45. The molecule has 2 aromatic carbocycles. The Balaban J connectivity index is 2.13. The summed E-state index contributed by atoms with van der Waals surface area (Å²) in [7, 11) is 1.63. The van der Waals surface area contributed by atoms with Gasteiger partial charge in [0.1, 0.15) is 5.75 Å². The van der Waals surface area contributed by atoms with E-state index in [0.29, 0.717) is 0 Å². The number of carboxylic acid groups (broad SMARTS) is 1. The van der Waals surface area contributed by atoms with Crippen molar-refractivity contribution in [2.45, 2.75) is 13.0 Å². The van der Waals surface area contributed by atoms with E-state index >= 15 is 0 Å². The Labute approximate surface area is 123 Å². The van der Waals surface area contributed by atoms with Crippen LogP contribution in [0.2, 0.25) is 0 Å². The van der Waals surface area contributed by atoms with Crippen molar-refractivity contribution in [3.05, 3.63) is 53.6 Å². The van der Waals surface area contributed by atoms with Crippen molar-refractivity contribution in [1.29, 1.82) is 0 Å². The zero-order valence-electron chi connectivity index (χ0n) is 12.0. The molecule has 2 rings (SSSR count). The lowest BCUT2D eigenvalue weighted by Crippen LogP contribution is -2.08. The molecule has 0 amide bonds. The van der Waals surface area contributed by atoms with Crippen LogP contribution in [0.3, 0.4) is 0 Å². The molecule has 0 saturated carbocycles. The monoisotopic (exact) mass is 286 g/mol. The molecule has 0 heterocycles. The second-order valence-corrected chi connectivity index (χ2v) is 4.75. The first kappa shape index (κ1) is 14.7. The molecule has 110 valence electrons. The van der Waals surface area contributed by atoms with Crippen LogP contribution >= 0.6 is 0 Å². The summed E-state index contributed by atoms with van der Waals surface area (Å²) in [6.07, 6.45) is 0. The number of rotatable bonds is 5. The van der Waals surface area contributed by atoms with Crippen molar-refractivity contribution in [3.63, 3.8) is 0 Å². The molecule has 2 aromatic rings. The minimum absolute atomic E-state index is 0.0611. The van der Waals surface area contributed by atoms with E-state index in [4.69, 9.17) is 15.6 Å². The number of aromatic carboxylic acids is 1. The van der Waals surface area contributed by atoms with Crippen molar-refractivity contribution >= 4 is 17.3 Å². The van der Waals surface area contributed by atoms with Gasteiger partial charge in [0.2, 0.25) is 0 Å². The first-order valence-electron chi connectivity index (χ1n) is 6.54. The zero-order chi connectivity index (χ0) is 15.4. The van der Waals surface area contributed by atoms with Crippen LogP contribution < -0.4 is 15.8 Å². The highest BCUT2D eigenvalue weighted by atomic mass is 16.5. The standard InChI is InChI=1S/C16H18N2O3/c1-10(11-3-6-13(21-2)7-4-11)18-12-5-8-14(16(19)20)15(17)9-12/h3-10,18H,17H2,1-2H3,(H,19,20). The van der Waals surface area contributed by atoms with Crippen LogP contribution in [0.4, 0.5) is 11.4 Å². The summed E-state index contributed by atoms with van der Waals surface area (Å²) in [4.78, 5) is 10.9. The largest absolute Gasteiger partial charge is 0.497 e. The number of carbonyl (C=O) groups is 1. The van der Waals surface area contributed by atoms with Gasteiger partial charge in [-0.3, -0.25) is 0 Å². The molecule has 0 fully saturated rings. The van der Waals surface area contributed by atoms with Crippen LogP contribution in [0.15, 0.2) is 42.5 Å². The van der Waals surface area contributed by atoms with Crippen LogP contribution in [0.25, 0.3) is 0 Å². The number of methoxy groups -OCH3 is 1. The van der Waals surface area contributed by atoms with E-state index in [2.05, 4.69) is 5.32 Å². The number of benzene rings is 2. The fourth-order valence-electron chi connectivity index (χ4n) is 2.07. The lowest BCUT2D eigenvalue weighted by Gasteiger charge is -2.17. The first-order valence-corrected chi connectivity index (χ1v) is 6.54. The molecule has 0 spiro atoms. The van der Waals surface area contributed by atoms with Crippen LogP contribution in [0.5, 0.6) is 5.75 Å². The van der Waals surface area contributed by atoms with E-state index in [-0.39, 0.29) is 17.3 Å². The first-order chi connectivity index (χ1) is 10.0. The highest BCUT2D eigenvalue weighted by molar-refractivity contribution is 5.94. The minimum atomic E-state index is -1.03. The summed E-state index contributed by atoms with van der Waals surface area (Å²) < 4.78 is 5.13. The van der Waals surface area contributed by atoms with E-state index in [1.165, 1.54) is 6.07 Å². The number of nitrogens with two attached hydrogens (primary N) is 1. The van der Waals surface area contributed by atoms with Crippen molar-refractivity contribution in [3.8, 4) is 5.75 Å². The van der Waals surface area contributed by atoms with Crippen LogP contribution in [-0.4, -0.2) is 18.2 Å². The van der Waals surface area contributed by atoms with E-state index in [9.17, 15) is 4.79 Å². The molecule has 1 atom stereocenters. The van der Waals surface area contributed by atoms with E-state index < -0.39 is 5.97 Å². The SMILES string of the molecule is COc1ccc(C(C)Nc2ccc(C(=O)O)c(N)c2)cc1. The zero-order valence-corrected chi connectivity index (χ0v) is 12.0. The number of nitrogen functional groups attached to an aromatic ring is 1. The van der Waals surface area contributed by atoms with Gasteiger partial charge >= 0.3 is 5.97 Å². The number of ether oxygens (including phenoxy) is 1. The molecule has 0 saturated heterocycles. The van der Waals surface area contributed by atoms with Gasteiger partial charge in [-0.15, -0.1) is 0 Å². The quantitative estimate of drug-likeness (QED) is 0.735. The molecule has 21 heavy (non-hydrogen) atoms. The lowest BCUT2D eigenvalue weighted by molar-refractivity contribution is 0.0698. The van der Waals surface area contributed by atoms with Gasteiger partial charge in [-0.1, -0.05) is 12.1 Å². The summed E-state index contributed by atoms with van der Waals surface area (Å²) in [6, 6.07) is 12.7. The Morgan fingerprint density at radius 3 is 2.43 bits per heavy atom. The number of hydrogen-bond donors (Lipinski definition) is 3. The molecule has 1 unspecified atom stereocenters. The van der Waals surface area contributed by atoms with Crippen molar-refractivity contribution < 1.29 is 14.6 Å². The molecule has 0 aliphatic rings. The summed E-state index contributed by atoms with van der Waals surface area (Å²) in [5.41, 5.74) is 7.96. The molecule has 0 aliphatic heterocycles. The van der Waals surface area contributed by atoms with Gasteiger partial charge in [0.15, 0.2) is 0 Å². The Morgan fingerprint density at radius 2 is 1.90 bits per heavy atom. The fourth-order valence-corrected chi connectivity index (χ4v) is 2.07. The number of anilines is 2. The van der Waals surface area contributed by atoms with Crippen LogP contribution in [0, 0.1) is 0 Å². The normalized spacial score (nSPS) is 11.7. The van der Waals surface area contributed by atoms with Crippen LogP contribution in [0.1, 0.15) is 28.9 Å². The second kappa shape index (κ2) is 6.17. The Morgan fingerprint density at radius 1 is 1.24 bits per heavy atom. The van der Waals surface area contributed by atoms with Gasteiger partial charge in [0.05, 0.1) is 12.7 Å². The van der Waals surface area contributed by atoms with Gasteiger partial charge < -0.3 is 20.9 Å². The summed E-state index contributed by atoms with van der Waals surface area (Å²) in [5, 5.41) is 12.2. The molecule has 0 radical (unpaired) electrons. The third-order valence-electron chi connectivity index (χ3n) is 3.28. The van der Waals surface area contributed by atoms with Gasteiger partial charge in [-0.2, -0.15) is 0 Å². The van der Waals surface area contributed by atoms with Crippen LogP contribution in [-0.2, 0) is 0 Å². The topological polar surface area (TPSA) is 84.6 Å². The molecule has 0 aliphatic carbocycles. The third-order valence-corrected chi connectivity index (χ3v) is 3.28. The molecule has 5 nitrogen and oxygen atoms in total. The molecular formula is C16H18N2O3. The second-order valence-electron chi connectivity index (χ2n) is 4.75. The minimum Gasteiger partial charge on any atom is -0.497 e. The Bertz CT molecular complexity index is 638. The maximum absolute atomic E-state index is 10.9. The highest BCUT2D eigenvalue weighted by Gasteiger charge is 2.10. The summed E-state index contributed by atoms with van der Waals surface area (Å²) in [6.45, 7) is 2.02. The summed E-state index contributed by atoms with van der Waals surface area (Å²) >= 11 is 0. The maximum Gasteiger partial charge on any atom is 0.337 e. The van der Waals surface area contributed by atoms with E-state index in [0.717, 1.165) is 17.0 Å². The molecular weight excluding hydrogens is 268 g/mol. The predicted octanol–water partition coefficient (Wildman–Crippen LogP) is 3.15. The highest BCUT2D eigenvalue weighted by Crippen LogP contribution is 2.24. The molecule has 0 bridgehead atoms. The average Bonchev–Trinajstić information content (AvgIpc) is 2.47. The van der Waals surface area contributed by atoms with Gasteiger partial charge in [-0.05, 0) is 42.8 Å². The van der Waals surface area contributed by atoms with Crippen molar-refractivity contribution in [2.75, 3.05) is 18.2 Å². The van der Waals surface area contributed by atoms with E-state index in [1.807, 2.05) is 31.2 Å². The Kier molecular flexibility index (Phi) is 4.33. The van der Waals surface area contributed by atoms with Gasteiger partial charge in [0.25, 0.3) is 0 Å². The average molecular weight is 286 g/mol. The molecule has 0 aromatic heterocycles. The number of hydrogen-bond acceptors (Lipinski definition) is 4. The summed E-state index contributed by atoms with van der Waals surface area (Å²) in [5.74, 6) is -0.219. The van der Waals surface area contributed by atoms with E-state index in [1.54, 1.807) is 19.2 Å². The lowest BCUT2D eigenvalue weighted by atomic mass is 10.1.